The minimum Gasteiger partial charge on any atom is -0.507 e. The van der Waals surface area contributed by atoms with Crippen molar-refractivity contribution in [3.05, 3.63) is 122 Å². The molecular weight excluding hydrogens is 987 g/mol. The maximum absolute atomic E-state index is 15.4. The lowest BCUT2D eigenvalue weighted by atomic mass is 9.50. The summed E-state index contributed by atoms with van der Waals surface area (Å²) < 4.78 is 15.0. The summed E-state index contributed by atoms with van der Waals surface area (Å²) in [6, 6.07) is 8.63. The molecule has 0 radical (unpaired) electrons. The number of phenolic OH excluding ortho intramolecular Hbond substituents is 1. The van der Waals surface area contributed by atoms with Crippen molar-refractivity contribution in [2.45, 2.75) is 169 Å². The number of nitrogens with zero attached hydrogens (tertiary/aromatic N) is 2. The number of aromatic amines is 2. The van der Waals surface area contributed by atoms with Gasteiger partial charge in [-0.15, -0.1) is 0 Å². The van der Waals surface area contributed by atoms with E-state index in [1.807, 2.05) is 0 Å². The zero-order valence-electron chi connectivity index (χ0n) is 43.8. The molecular formula is C63H65N5O10. The standard InChI is InChI=1S/C63H65N5O10/c1-30-19-35-44(40(69)20-30)50(72)46-41-21-33-32(45(46)49(35)71)10-18-64-55(33)65-26-43(70)61-28-58(13-4-5-14-58)24-37(61)34-22-42(60-15-6-7-31(60)8-9-39-52(60)67-29-66-39)68-48(34)36-23-62(77-41)53(74)51(73)54(75)63(78-62)47(36)38(61)25-59(56(63)76)17-16-57(27-59)11-2-3-12-57/h8-10,18-23,29,31,37,43,51,53-54,56,68-70,73-76H,2-7,11-17,24-28H2,1H3,(H,64,65)(H,66,67). The number of anilines is 1. The zero-order valence-corrected chi connectivity index (χ0v) is 43.8. The lowest BCUT2D eigenvalue weighted by Gasteiger charge is -2.64. The number of carbonyl (C=O) groups is 2. The number of ether oxygens (including phenoxy) is 2. The third-order valence-electron chi connectivity index (χ3n) is 23.2. The van der Waals surface area contributed by atoms with Crippen LogP contribution in [-0.4, -0.2) is 111 Å². The van der Waals surface area contributed by atoms with E-state index in [0.717, 1.165) is 112 Å². The quantitative estimate of drug-likeness (QED) is 0.0755. The van der Waals surface area contributed by atoms with Crippen molar-refractivity contribution in [2.24, 2.45) is 27.6 Å². The third-order valence-corrected chi connectivity index (χ3v) is 23.2. The molecule has 402 valence electrons. The number of aromatic nitrogens is 4. The molecule has 6 fully saturated rings. The average molecular weight is 1050 g/mol. The SMILES string of the molecule is Cc1cc(O)c2c(c1)C(=O)c1c(c3cc4c(nccc14)NCC(O)C14CC5(CCCC5)CC1c1cc(C56CCCC5C=Cc5nc[nH]c56)[nH]c1C1=CC5(O3)OC3(C1=C4CC1(CCC4(CCCC4)C1)C3O)C(O)C(O)C5O)C2=O. The molecule has 8 bridgehead atoms. The highest BCUT2D eigenvalue weighted by Crippen LogP contribution is 2.77. The molecule has 13 aliphatic rings. The van der Waals surface area contributed by atoms with E-state index in [1.165, 1.54) is 6.07 Å². The lowest BCUT2D eigenvalue weighted by molar-refractivity contribution is -0.366. The van der Waals surface area contributed by atoms with Gasteiger partial charge in [-0.25, -0.2) is 9.97 Å². The van der Waals surface area contributed by atoms with Crippen LogP contribution in [0.3, 0.4) is 0 Å². The van der Waals surface area contributed by atoms with Gasteiger partial charge < -0.3 is 55.4 Å². The molecule has 0 amide bonds. The number of H-pyrrole nitrogens is 2. The summed E-state index contributed by atoms with van der Waals surface area (Å²) >= 11 is 0. The number of hydrogen-bond acceptors (Lipinski definition) is 13. The minimum atomic E-state index is -2.45. The van der Waals surface area contributed by atoms with Gasteiger partial charge in [0.15, 0.2) is 17.5 Å². The molecule has 12 atom stereocenters. The summed E-state index contributed by atoms with van der Waals surface area (Å²) in [6.45, 7) is 1.76. The molecule has 15 nitrogen and oxygen atoms in total. The summed E-state index contributed by atoms with van der Waals surface area (Å²) in [4.78, 5) is 48.0. The second-order valence-electron chi connectivity index (χ2n) is 26.7. The molecule has 2 aromatic carbocycles. The van der Waals surface area contributed by atoms with Crippen LogP contribution in [0.1, 0.15) is 181 Å². The predicted octanol–water partition coefficient (Wildman–Crippen LogP) is 8.23. The highest BCUT2D eigenvalue weighted by atomic mass is 16.7. The van der Waals surface area contributed by atoms with Gasteiger partial charge in [0.05, 0.1) is 46.5 Å². The van der Waals surface area contributed by atoms with E-state index in [0.29, 0.717) is 64.7 Å². The molecule has 78 heavy (non-hydrogen) atoms. The van der Waals surface area contributed by atoms with E-state index < -0.39 is 69.7 Å². The Hall–Kier alpha value is -5.94. The second-order valence-corrected chi connectivity index (χ2v) is 26.7. The van der Waals surface area contributed by atoms with E-state index >= 15 is 9.59 Å². The zero-order chi connectivity index (χ0) is 52.8. The molecule has 9 N–H and O–H groups in total. The summed E-state index contributed by atoms with van der Waals surface area (Å²) in [5.41, 5.74) is 1.98. The number of pyridine rings is 1. The van der Waals surface area contributed by atoms with Crippen LogP contribution in [0.5, 0.6) is 11.5 Å². The van der Waals surface area contributed by atoms with Crippen molar-refractivity contribution in [3.63, 3.8) is 0 Å². The molecule has 6 spiro atoms. The number of aliphatic hydroxyl groups excluding tert-OH is 5. The van der Waals surface area contributed by atoms with Crippen molar-refractivity contribution in [2.75, 3.05) is 11.9 Å². The Morgan fingerprint density at radius 1 is 0.808 bits per heavy atom. The Kier molecular flexibility index (Phi) is 9.07. The van der Waals surface area contributed by atoms with Crippen molar-refractivity contribution >= 4 is 39.8 Å². The van der Waals surface area contributed by atoms with E-state index in [4.69, 9.17) is 19.4 Å². The van der Waals surface area contributed by atoms with Gasteiger partial charge in [-0.3, -0.25) is 9.59 Å². The van der Waals surface area contributed by atoms with Gasteiger partial charge in [-0.2, -0.15) is 0 Å². The smallest absolute Gasteiger partial charge is 0.261 e. The number of aromatic hydroxyl groups is 1. The van der Waals surface area contributed by atoms with Gasteiger partial charge in [0.2, 0.25) is 5.78 Å². The van der Waals surface area contributed by atoms with Crippen LogP contribution < -0.4 is 10.1 Å². The Bertz CT molecular complexity index is 3670. The number of nitrogens with one attached hydrogen (secondary N) is 3. The van der Waals surface area contributed by atoms with Gasteiger partial charge in [0.1, 0.15) is 29.5 Å². The van der Waals surface area contributed by atoms with Crippen LogP contribution in [0.25, 0.3) is 22.4 Å². The molecule has 9 aliphatic carbocycles. The van der Waals surface area contributed by atoms with E-state index in [9.17, 15) is 30.6 Å². The number of aryl methyl sites for hydroxylation is 1. The largest absolute Gasteiger partial charge is 0.507 e. The number of aliphatic hydroxyl groups is 5. The van der Waals surface area contributed by atoms with Crippen LogP contribution in [-0.2, 0) is 10.2 Å². The van der Waals surface area contributed by atoms with E-state index in [-0.39, 0.29) is 63.0 Å². The molecule has 3 aromatic heterocycles. The normalized spacial score (nSPS) is 38.5. The number of carbonyl (C=O) groups excluding carboxylic acids is 2. The number of hydrogen-bond donors (Lipinski definition) is 9. The molecule has 7 heterocycles. The average Bonchev–Trinajstić information content (AvgIpc) is 3.97. The fraction of sp³-hybridized carbons (Fsp3) is 0.524. The first kappa shape index (κ1) is 46.9. The highest BCUT2D eigenvalue weighted by molar-refractivity contribution is 6.34. The van der Waals surface area contributed by atoms with Gasteiger partial charge in [0, 0.05) is 57.0 Å². The monoisotopic (exact) mass is 1050 g/mol. The maximum Gasteiger partial charge on any atom is 0.261 e. The van der Waals surface area contributed by atoms with Crippen molar-refractivity contribution in [1.82, 2.24) is 19.9 Å². The first-order chi connectivity index (χ1) is 37.6. The van der Waals surface area contributed by atoms with Gasteiger partial charge >= 0.3 is 0 Å². The molecule has 15 heteroatoms. The van der Waals surface area contributed by atoms with Gasteiger partial charge in [-0.05, 0) is 171 Å². The topological polar surface area (TPSA) is 243 Å². The number of benzene rings is 2. The van der Waals surface area contributed by atoms with Crippen molar-refractivity contribution in [1.29, 1.82) is 0 Å². The van der Waals surface area contributed by atoms with Crippen LogP contribution in [0, 0.1) is 34.5 Å². The number of allylic oxidation sites excluding steroid dienone is 1. The summed E-state index contributed by atoms with van der Waals surface area (Å²) in [5.74, 6) is -4.09. The number of ketones is 2. The summed E-state index contributed by atoms with van der Waals surface area (Å²) in [6.07, 6.45) is 16.1. The van der Waals surface area contributed by atoms with Crippen LogP contribution in [0.15, 0.2) is 66.2 Å². The van der Waals surface area contributed by atoms with Gasteiger partial charge in [0.25, 0.3) is 5.79 Å². The van der Waals surface area contributed by atoms with Crippen molar-refractivity contribution in [3.8, 4) is 11.5 Å². The first-order valence-corrected chi connectivity index (χ1v) is 29.0. The molecule has 5 saturated carbocycles. The molecule has 5 aromatic rings. The highest BCUT2D eigenvalue weighted by Gasteiger charge is 2.77. The fourth-order valence-electron chi connectivity index (χ4n) is 20.1. The van der Waals surface area contributed by atoms with Crippen LogP contribution in [0.2, 0.25) is 0 Å². The van der Waals surface area contributed by atoms with Gasteiger partial charge in [-0.1, -0.05) is 43.8 Å². The number of fused-ring (bicyclic) bond motifs is 10. The Morgan fingerprint density at radius 2 is 1.62 bits per heavy atom. The second kappa shape index (κ2) is 15.1. The third kappa shape index (κ3) is 5.43. The fourth-order valence-corrected chi connectivity index (χ4v) is 20.1. The van der Waals surface area contributed by atoms with Crippen LogP contribution in [0.4, 0.5) is 5.82 Å². The summed E-state index contributed by atoms with van der Waals surface area (Å²) in [5, 5.41) is 83.6. The molecule has 1 saturated heterocycles. The molecule has 18 rings (SSSR count). The predicted molar refractivity (Wildman–Crippen MR) is 286 cm³/mol. The van der Waals surface area contributed by atoms with E-state index in [2.05, 4.69) is 33.5 Å². The molecule has 4 aliphatic heterocycles. The number of imidazole rings is 1. The number of phenols is 1. The summed E-state index contributed by atoms with van der Waals surface area (Å²) in [7, 11) is 0. The first-order valence-electron chi connectivity index (χ1n) is 29.0. The Morgan fingerprint density at radius 3 is 2.44 bits per heavy atom. The molecule has 12 unspecified atom stereocenters. The van der Waals surface area contributed by atoms with E-state index in [1.54, 1.807) is 43.7 Å². The lowest BCUT2D eigenvalue weighted by Crippen LogP contribution is -2.79. The maximum atomic E-state index is 15.4. The minimum absolute atomic E-state index is 0.00589. The Balaban J connectivity index is 1.01. The van der Waals surface area contributed by atoms with Crippen molar-refractivity contribution < 1.29 is 49.7 Å². The number of rotatable bonds is 1. The van der Waals surface area contributed by atoms with Crippen LogP contribution >= 0.6 is 0 Å². The Labute approximate surface area is 450 Å².